The Balaban J connectivity index is 1.43. The lowest BCUT2D eigenvalue weighted by Crippen LogP contribution is -2.10. The van der Waals surface area contributed by atoms with Gasteiger partial charge in [-0.05, 0) is 35.2 Å². The Hall–Kier alpha value is -3.33. The van der Waals surface area contributed by atoms with Crippen LogP contribution in [0.2, 0.25) is 0 Å². The number of thioether (sulfide) groups is 1. The molecule has 4 rings (SSSR count). The summed E-state index contributed by atoms with van der Waals surface area (Å²) < 4.78 is 21.8. The second-order valence-corrected chi connectivity index (χ2v) is 8.99. The monoisotopic (exact) mass is 452 g/mol. The molecule has 2 heterocycles. The van der Waals surface area contributed by atoms with E-state index in [0.29, 0.717) is 45.6 Å². The van der Waals surface area contributed by atoms with E-state index in [1.165, 1.54) is 17.3 Å². The van der Waals surface area contributed by atoms with Crippen LogP contribution in [-0.4, -0.2) is 34.6 Å². The molecule has 0 aliphatic carbocycles. The van der Waals surface area contributed by atoms with E-state index in [0.717, 1.165) is 5.56 Å². The number of hydrogen-bond donors (Lipinski definition) is 0. The van der Waals surface area contributed by atoms with Crippen molar-refractivity contribution < 1.29 is 18.4 Å². The van der Waals surface area contributed by atoms with Gasteiger partial charge in [0.2, 0.25) is 17.6 Å². The Kier molecular flexibility index (Phi) is 6.18. The van der Waals surface area contributed by atoms with Gasteiger partial charge in [-0.15, -0.1) is 10.2 Å². The molecule has 0 saturated heterocycles. The van der Waals surface area contributed by atoms with Crippen molar-refractivity contribution in [1.29, 1.82) is 0 Å². The van der Waals surface area contributed by atoms with Crippen molar-refractivity contribution in [2.24, 2.45) is 0 Å². The molecule has 4 aromatic rings. The van der Waals surface area contributed by atoms with Crippen LogP contribution in [0.3, 0.4) is 0 Å². The zero-order chi connectivity index (χ0) is 22.7. The summed E-state index contributed by atoms with van der Waals surface area (Å²) in [6, 6.07) is 13.6. The number of ether oxygens (including phenoxy) is 2. The number of methoxy groups -OCH3 is 2. The highest BCUT2D eigenvalue weighted by molar-refractivity contribution is 7.98. The largest absolute Gasteiger partial charge is 0.497 e. The molecule has 0 N–H and O–H groups in total. The second-order valence-electron chi connectivity index (χ2n) is 8.07. The van der Waals surface area contributed by atoms with Crippen LogP contribution in [0, 0.1) is 0 Å². The fourth-order valence-corrected chi connectivity index (χ4v) is 3.63. The van der Waals surface area contributed by atoms with E-state index in [9.17, 15) is 0 Å². The molecular weight excluding hydrogens is 428 g/mol. The molecule has 0 aliphatic heterocycles. The highest BCUT2D eigenvalue weighted by atomic mass is 32.2. The summed E-state index contributed by atoms with van der Waals surface area (Å²) in [6.07, 6.45) is 0. The molecule has 2 aromatic carbocycles. The first-order valence-corrected chi connectivity index (χ1v) is 11.0. The maximum Gasteiger partial charge on any atom is 0.277 e. The van der Waals surface area contributed by atoms with E-state index in [2.05, 4.69) is 53.2 Å². The van der Waals surface area contributed by atoms with Crippen LogP contribution in [-0.2, 0) is 11.2 Å². The summed E-state index contributed by atoms with van der Waals surface area (Å²) in [4.78, 5) is 4.45. The molecule has 9 heteroatoms. The third-order valence-electron chi connectivity index (χ3n) is 4.84. The van der Waals surface area contributed by atoms with E-state index in [-0.39, 0.29) is 5.41 Å². The van der Waals surface area contributed by atoms with Crippen LogP contribution in [0.5, 0.6) is 11.5 Å². The van der Waals surface area contributed by atoms with E-state index in [4.69, 9.17) is 18.4 Å². The minimum Gasteiger partial charge on any atom is -0.497 e. The molecule has 166 valence electrons. The molecule has 0 bridgehead atoms. The quantitative estimate of drug-likeness (QED) is 0.342. The minimum atomic E-state index is 0.0904. The summed E-state index contributed by atoms with van der Waals surface area (Å²) in [5.74, 6) is 3.04. The zero-order valence-corrected chi connectivity index (χ0v) is 19.4. The predicted molar refractivity (Wildman–Crippen MR) is 121 cm³/mol. The first-order chi connectivity index (χ1) is 15.4. The van der Waals surface area contributed by atoms with Gasteiger partial charge in [0, 0.05) is 11.6 Å². The van der Waals surface area contributed by atoms with Crippen molar-refractivity contribution in [2.75, 3.05) is 14.2 Å². The number of rotatable bonds is 7. The summed E-state index contributed by atoms with van der Waals surface area (Å²) in [6.45, 7) is 6.53. The van der Waals surface area contributed by atoms with E-state index < -0.39 is 0 Å². The highest BCUT2D eigenvalue weighted by Gasteiger charge is 2.17. The van der Waals surface area contributed by atoms with Crippen LogP contribution < -0.4 is 9.47 Å². The molecule has 0 saturated carbocycles. The van der Waals surface area contributed by atoms with Crippen molar-refractivity contribution in [1.82, 2.24) is 20.3 Å². The van der Waals surface area contributed by atoms with Crippen molar-refractivity contribution >= 4 is 11.8 Å². The molecule has 8 nitrogen and oxygen atoms in total. The van der Waals surface area contributed by atoms with Gasteiger partial charge in [-0.1, -0.05) is 49.8 Å². The molecular formula is C23H24N4O4S. The summed E-state index contributed by atoms with van der Waals surface area (Å²) in [5, 5.41) is 12.8. The zero-order valence-electron chi connectivity index (χ0n) is 18.6. The maximum absolute atomic E-state index is 5.79. The molecule has 0 radical (unpaired) electrons. The Labute approximate surface area is 190 Å². The Bertz CT molecular complexity index is 1200. The molecule has 0 atom stereocenters. The second kappa shape index (κ2) is 9.04. The molecule has 0 fully saturated rings. The first-order valence-electron chi connectivity index (χ1n) is 9.99. The lowest BCUT2D eigenvalue weighted by molar-refractivity contribution is 0.387. The van der Waals surface area contributed by atoms with Crippen molar-refractivity contribution in [2.45, 2.75) is 37.2 Å². The maximum atomic E-state index is 5.79. The van der Waals surface area contributed by atoms with Crippen LogP contribution in [0.1, 0.15) is 32.2 Å². The molecule has 0 aliphatic rings. The van der Waals surface area contributed by atoms with Crippen LogP contribution >= 0.6 is 11.8 Å². The fourth-order valence-electron chi connectivity index (χ4n) is 3.03. The van der Waals surface area contributed by atoms with E-state index in [1.54, 1.807) is 20.3 Å². The lowest BCUT2D eigenvalue weighted by Gasteiger charge is -2.18. The first kappa shape index (κ1) is 21.9. The number of hydrogen-bond acceptors (Lipinski definition) is 9. The molecule has 2 aromatic heterocycles. The van der Waals surface area contributed by atoms with Crippen molar-refractivity contribution in [3.63, 3.8) is 0 Å². The van der Waals surface area contributed by atoms with E-state index in [1.807, 2.05) is 24.3 Å². The number of nitrogens with zero attached hydrogens (tertiary/aromatic N) is 4. The van der Waals surface area contributed by atoms with Crippen molar-refractivity contribution in [3.8, 4) is 34.3 Å². The Morgan fingerprint density at radius 2 is 1.75 bits per heavy atom. The standard InChI is InChI=1S/C23H24N4O4S/c1-23(2,3)15-8-6-14(7-9-15)21-25-26-22(30-21)32-13-19-24-20(27-31-19)17-11-10-16(28-4)12-18(17)29-5/h6-12H,13H2,1-5H3. The fraction of sp³-hybridized carbons (Fsp3) is 0.304. The predicted octanol–water partition coefficient (Wildman–Crippen LogP) is 5.39. The Morgan fingerprint density at radius 1 is 0.969 bits per heavy atom. The van der Waals surface area contributed by atoms with Crippen LogP contribution in [0.4, 0.5) is 0 Å². The van der Waals surface area contributed by atoms with E-state index >= 15 is 0 Å². The van der Waals surface area contributed by atoms with Gasteiger partial charge >= 0.3 is 0 Å². The van der Waals surface area contributed by atoms with Gasteiger partial charge in [-0.25, -0.2) is 0 Å². The van der Waals surface area contributed by atoms with Gasteiger partial charge in [0.15, 0.2) is 0 Å². The van der Waals surface area contributed by atoms with Crippen LogP contribution in [0.15, 0.2) is 56.6 Å². The summed E-state index contributed by atoms with van der Waals surface area (Å²) in [5.41, 5.74) is 2.93. The molecule has 0 amide bonds. The topological polar surface area (TPSA) is 96.3 Å². The van der Waals surface area contributed by atoms with Crippen LogP contribution in [0.25, 0.3) is 22.8 Å². The summed E-state index contributed by atoms with van der Waals surface area (Å²) in [7, 11) is 3.18. The van der Waals surface area contributed by atoms with Gasteiger partial charge in [-0.3, -0.25) is 0 Å². The molecule has 32 heavy (non-hydrogen) atoms. The molecule has 0 unspecified atom stereocenters. The lowest BCUT2D eigenvalue weighted by atomic mass is 9.87. The average Bonchev–Trinajstić information content (AvgIpc) is 3.46. The third-order valence-corrected chi connectivity index (χ3v) is 5.64. The van der Waals surface area contributed by atoms with Gasteiger partial charge in [0.05, 0.1) is 25.5 Å². The van der Waals surface area contributed by atoms with Gasteiger partial charge in [-0.2, -0.15) is 4.98 Å². The van der Waals surface area contributed by atoms with Gasteiger partial charge in [0.1, 0.15) is 11.5 Å². The molecule has 0 spiro atoms. The summed E-state index contributed by atoms with van der Waals surface area (Å²) >= 11 is 1.33. The van der Waals surface area contributed by atoms with Gasteiger partial charge < -0.3 is 18.4 Å². The highest BCUT2D eigenvalue weighted by Crippen LogP contribution is 2.33. The third kappa shape index (κ3) is 4.77. The average molecular weight is 453 g/mol. The van der Waals surface area contributed by atoms with Crippen molar-refractivity contribution in [3.05, 3.63) is 53.9 Å². The number of aromatic nitrogens is 4. The van der Waals surface area contributed by atoms with Gasteiger partial charge in [0.25, 0.3) is 5.22 Å². The SMILES string of the molecule is COc1ccc(-c2noc(CSc3nnc(-c4ccc(C(C)(C)C)cc4)o3)n2)c(OC)c1. The normalized spacial score (nSPS) is 11.5. The Morgan fingerprint density at radius 3 is 2.44 bits per heavy atom. The smallest absolute Gasteiger partial charge is 0.277 e. The number of benzene rings is 2. The minimum absolute atomic E-state index is 0.0904.